The number of hydrogen-bond donors (Lipinski definition) is 1. The summed E-state index contributed by atoms with van der Waals surface area (Å²) in [6.45, 7) is 12.1. The lowest BCUT2D eigenvalue weighted by atomic mass is 10.00. The highest BCUT2D eigenvalue weighted by atomic mass is 19.1. The minimum absolute atomic E-state index is 0.0675. The van der Waals surface area contributed by atoms with Crippen LogP contribution in [0, 0.1) is 11.6 Å². The van der Waals surface area contributed by atoms with E-state index in [1.54, 1.807) is 24.1 Å². The zero-order valence-electron chi connectivity index (χ0n) is 28.1. The van der Waals surface area contributed by atoms with E-state index in [2.05, 4.69) is 16.5 Å². The molecule has 2 bridgehead atoms. The number of carbonyl (C=O) groups is 2. The maximum absolute atomic E-state index is 16.6. The maximum Gasteiger partial charge on any atom is 0.355 e. The van der Waals surface area contributed by atoms with E-state index >= 15 is 8.78 Å². The van der Waals surface area contributed by atoms with Gasteiger partial charge in [0.25, 0.3) is 0 Å². The molecule has 0 aliphatic carbocycles. The normalized spacial score (nSPS) is 17.2. The van der Waals surface area contributed by atoms with E-state index in [9.17, 15) is 14.4 Å². The Bertz CT molecular complexity index is 2030. The van der Waals surface area contributed by atoms with E-state index in [0.717, 1.165) is 5.56 Å². The predicted molar refractivity (Wildman–Crippen MR) is 185 cm³/mol. The summed E-state index contributed by atoms with van der Waals surface area (Å²) < 4.78 is 33.9. The van der Waals surface area contributed by atoms with Gasteiger partial charge < -0.3 is 20.4 Å². The minimum atomic E-state index is -0.898. The van der Waals surface area contributed by atoms with Gasteiger partial charge in [0.2, 0.25) is 11.8 Å². The van der Waals surface area contributed by atoms with Gasteiger partial charge in [-0.15, -0.1) is 0 Å². The molecule has 1 aromatic carbocycles. The molecule has 2 atom stereocenters. The Hall–Kier alpha value is -5.04. The van der Waals surface area contributed by atoms with Crippen LogP contribution >= 0.6 is 0 Å². The Morgan fingerprint density at radius 1 is 1.06 bits per heavy atom. The molecule has 3 aromatic heterocycles. The Morgan fingerprint density at radius 2 is 1.84 bits per heavy atom. The van der Waals surface area contributed by atoms with Crippen molar-refractivity contribution in [2.24, 2.45) is 5.73 Å². The van der Waals surface area contributed by atoms with Crippen LogP contribution in [0.25, 0.3) is 28.0 Å². The Labute approximate surface area is 283 Å². The highest BCUT2D eigenvalue weighted by Crippen LogP contribution is 2.38. The van der Waals surface area contributed by atoms with Crippen LogP contribution in [0.4, 0.5) is 20.3 Å². The number of rotatable bonds is 4. The summed E-state index contributed by atoms with van der Waals surface area (Å²) in [5.41, 5.74) is 6.95. The van der Waals surface area contributed by atoms with Gasteiger partial charge in [-0.25, -0.2) is 23.1 Å². The second-order valence-electron chi connectivity index (χ2n) is 13.0. The van der Waals surface area contributed by atoms with Crippen LogP contribution in [-0.2, 0) is 16.0 Å². The molecule has 1 fully saturated rings. The number of nitrogens with zero attached hydrogens (tertiary/aromatic N) is 7. The summed E-state index contributed by atoms with van der Waals surface area (Å²) in [6, 6.07) is 6.07. The van der Waals surface area contributed by atoms with Gasteiger partial charge in [0.1, 0.15) is 17.3 Å². The zero-order valence-corrected chi connectivity index (χ0v) is 28.1. The fraction of sp³-hybridized carbons (Fsp3) is 0.389. The largest absolute Gasteiger partial charge is 0.355 e. The zero-order chi connectivity index (χ0) is 35.1. The summed E-state index contributed by atoms with van der Waals surface area (Å²) in [5.74, 6) is -2.21. The van der Waals surface area contributed by atoms with Gasteiger partial charge in [0, 0.05) is 38.4 Å². The predicted octanol–water partition coefficient (Wildman–Crippen LogP) is 4.48. The number of carbonyl (C=O) groups excluding carboxylic acids is 2. The van der Waals surface area contributed by atoms with Crippen LogP contribution in [0.2, 0.25) is 0 Å². The number of fused-ring (bicyclic) bond motifs is 5. The Kier molecular flexibility index (Phi) is 9.30. The van der Waals surface area contributed by atoms with Crippen LogP contribution in [0.5, 0.6) is 0 Å². The average Bonchev–Trinajstić information content (AvgIpc) is 3.08. The highest BCUT2D eigenvalue weighted by molar-refractivity contribution is 6.01. The molecule has 4 aromatic rings. The number of hydrogen-bond acceptors (Lipinski definition) is 8. The van der Waals surface area contributed by atoms with Gasteiger partial charge in [-0.2, -0.15) is 4.98 Å². The molecule has 5 heterocycles. The van der Waals surface area contributed by atoms with Gasteiger partial charge in [-0.1, -0.05) is 26.5 Å². The van der Waals surface area contributed by atoms with Crippen molar-refractivity contribution in [2.45, 2.75) is 65.0 Å². The first-order valence-corrected chi connectivity index (χ1v) is 16.6. The molecule has 1 saturated heterocycles. The number of amides is 2. The van der Waals surface area contributed by atoms with Crippen LogP contribution in [0.15, 0.2) is 54.0 Å². The highest BCUT2D eigenvalue weighted by Gasteiger charge is 2.32. The number of halogens is 2. The van der Waals surface area contributed by atoms with Crippen LogP contribution in [-0.4, -0.2) is 74.5 Å². The molecular weight excluding hydrogens is 630 g/mol. The van der Waals surface area contributed by atoms with Gasteiger partial charge >= 0.3 is 5.69 Å². The van der Waals surface area contributed by atoms with E-state index < -0.39 is 29.3 Å². The maximum atomic E-state index is 16.6. The molecule has 0 saturated carbocycles. The van der Waals surface area contributed by atoms with Crippen molar-refractivity contribution < 1.29 is 18.4 Å². The fourth-order valence-corrected chi connectivity index (χ4v) is 6.85. The molecule has 2 aliphatic rings. The number of nitrogens with two attached hydrogens (primary N) is 1. The van der Waals surface area contributed by atoms with Crippen molar-refractivity contribution in [1.29, 1.82) is 0 Å². The molecule has 49 heavy (non-hydrogen) atoms. The Morgan fingerprint density at radius 3 is 2.53 bits per heavy atom. The number of piperazine rings is 1. The first kappa shape index (κ1) is 33.8. The smallest absolute Gasteiger partial charge is 0.350 e. The summed E-state index contributed by atoms with van der Waals surface area (Å²) in [5, 5.41) is 0.233. The van der Waals surface area contributed by atoms with Crippen LogP contribution < -0.4 is 21.2 Å². The van der Waals surface area contributed by atoms with Crippen molar-refractivity contribution in [2.75, 3.05) is 36.0 Å². The first-order chi connectivity index (χ1) is 23.4. The third-order valence-electron chi connectivity index (χ3n) is 9.25. The summed E-state index contributed by atoms with van der Waals surface area (Å²) >= 11 is 0. The molecule has 0 radical (unpaired) electrons. The molecule has 2 N–H and O–H groups in total. The van der Waals surface area contributed by atoms with E-state index in [0.29, 0.717) is 50.3 Å². The second kappa shape index (κ2) is 13.5. The number of pyridine rings is 2. The minimum Gasteiger partial charge on any atom is -0.350 e. The molecule has 2 amide bonds. The quantitative estimate of drug-likeness (QED) is 0.315. The first-order valence-electron chi connectivity index (χ1n) is 16.6. The van der Waals surface area contributed by atoms with Gasteiger partial charge in [0.15, 0.2) is 11.5 Å². The van der Waals surface area contributed by atoms with E-state index in [-0.39, 0.29) is 58.2 Å². The van der Waals surface area contributed by atoms with Crippen molar-refractivity contribution >= 4 is 34.4 Å². The molecule has 1 unspecified atom stereocenters. The summed E-state index contributed by atoms with van der Waals surface area (Å²) in [4.78, 5) is 59.1. The van der Waals surface area contributed by atoms with E-state index in [1.165, 1.54) is 33.7 Å². The third-order valence-corrected chi connectivity index (χ3v) is 9.25. The van der Waals surface area contributed by atoms with Crippen molar-refractivity contribution in [3.63, 3.8) is 0 Å². The van der Waals surface area contributed by atoms with Crippen LogP contribution in [0.1, 0.15) is 57.7 Å². The lowest BCUT2D eigenvalue weighted by Gasteiger charge is -2.40. The molecule has 256 valence electrons. The molecule has 6 rings (SSSR count). The molecular formula is C36H40F2N8O3. The van der Waals surface area contributed by atoms with Gasteiger partial charge in [-0.3, -0.25) is 14.6 Å². The Balaban J connectivity index is 1.70. The van der Waals surface area contributed by atoms with Gasteiger partial charge in [-0.05, 0) is 74.9 Å². The van der Waals surface area contributed by atoms with Crippen molar-refractivity contribution in [1.82, 2.24) is 24.4 Å². The van der Waals surface area contributed by atoms with E-state index in [4.69, 9.17) is 10.7 Å². The summed E-state index contributed by atoms with van der Waals surface area (Å²) in [6.07, 6.45) is 4.60. The number of anilines is 2. The van der Waals surface area contributed by atoms with Crippen LogP contribution in [0.3, 0.4) is 0 Å². The lowest BCUT2D eigenvalue weighted by molar-refractivity contribution is -0.126. The van der Waals surface area contributed by atoms with Crippen molar-refractivity contribution in [3.8, 4) is 16.9 Å². The standard InChI is InChI=1S/C36H40F2N8O3/c1-6-28(47)43-16-17-44(21(4)19-43)33-24-18-26(38)31-29-25(37)11-9-12-27(29)45(35(48)22(5)39)15-8-7-10-23-13-14-40-30(20(2)3)32(23)46(34(24)41-31)36(49)42-33/h6,9,11-14,18,20-22H,1,7-8,10,15-17,19,39H2,2-5H3/t21-,22?/m0/s1. The molecule has 0 spiro atoms. The second-order valence-corrected chi connectivity index (χ2v) is 13.0. The number of aryl methyl sites for hydroxylation is 1. The molecule has 2 aliphatic heterocycles. The average molecular weight is 671 g/mol. The number of benzene rings is 1. The monoisotopic (exact) mass is 670 g/mol. The SMILES string of the molecule is C=CC(=O)N1CCN(c2nc(=O)n3c4nc(c(F)cc24)-c2c(F)cccc2N(C(=O)C(C)N)CCCCc2ccnc(C(C)C)c2-3)[C@@H](C)C1. The fourth-order valence-electron chi connectivity index (χ4n) is 6.85. The molecule has 11 nitrogen and oxygen atoms in total. The molecule has 13 heteroatoms. The van der Waals surface area contributed by atoms with Crippen molar-refractivity contribution in [3.05, 3.63) is 82.6 Å². The number of aromatic nitrogens is 4. The third kappa shape index (κ3) is 6.07. The van der Waals surface area contributed by atoms with Gasteiger partial charge in [0.05, 0.1) is 34.1 Å². The topological polar surface area (TPSA) is 131 Å². The lowest BCUT2D eigenvalue weighted by Crippen LogP contribution is -2.54. The van der Waals surface area contributed by atoms with E-state index in [1.807, 2.05) is 31.7 Å². The summed E-state index contributed by atoms with van der Waals surface area (Å²) in [7, 11) is 0.